The predicted molar refractivity (Wildman–Crippen MR) is 128 cm³/mol. The predicted octanol–water partition coefficient (Wildman–Crippen LogP) is 4.12. The number of hydrogen-bond donors (Lipinski definition) is 1. The van der Waals surface area contributed by atoms with Crippen molar-refractivity contribution in [3.05, 3.63) is 107 Å². The summed E-state index contributed by atoms with van der Waals surface area (Å²) in [6.45, 7) is 0.888. The SMILES string of the molecule is N#Cc1ccc(CNC(=O)c2ccc(-n3cc(Cn4ccc5c(Cl)ccnc54)nn3)cc2)cc1. The molecule has 0 radical (unpaired) electrons. The van der Waals surface area contributed by atoms with E-state index in [-0.39, 0.29) is 5.91 Å². The van der Waals surface area contributed by atoms with Gasteiger partial charge in [0.2, 0.25) is 0 Å². The molecule has 2 aromatic carbocycles. The Morgan fingerprint density at radius 2 is 1.85 bits per heavy atom. The quantitative estimate of drug-likeness (QED) is 0.404. The van der Waals surface area contributed by atoms with Gasteiger partial charge in [-0.25, -0.2) is 9.67 Å². The number of rotatable bonds is 6. The Kier molecular flexibility index (Phi) is 5.77. The minimum Gasteiger partial charge on any atom is -0.348 e. The van der Waals surface area contributed by atoms with Gasteiger partial charge >= 0.3 is 0 Å². The Morgan fingerprint density at radius 3 is 2.62 bits per heavy atom. The molecule has 34 heavy (non-hydrogen) atoms. The number of carbonyl (C=O) groups excluding carboxylic acids is 1. The van der Waals surface area contributed by atoms with Crippen molar-refractivity contribution in [3.8, 4) is 11.8 Å². The largest absolute Gasteiger partial charge is 0.348 e. The van der Waals surface area contributed by atoms with E-state index in [9.17, 15) is 4.79 Å². The lowest BCUT2D eigenvalue weighted by molar-refractivity contribution is 0.0951. The fourth-order valence-electron chi connectivity index (χ4n) is 3.60. The highest BCUT2D eigenvalue weighted by molar-refractivity contribution is 6.35. The number of fused-ring (bicyclic) bond motifs is 1. The molecule has 0 saturated heterocycles. The fourth-order valence-corrected chi connectivity index (χ4v) is 3.81. The molecule has 5 rings (SSSR count). The monoisotopic (exact) mass is 467 g/mol. The number of nitriles is 1. The molecule has 0 saturated carbocycles. The lowest BCUT2D eigenvalue weighted by Crippen LogP contribution is -2.22. The van der Waals surface area contributed by atoms with Gasteiger partial charge in [0.25, 0.3) is 5.91 Å². The fraction of sp³-hybridized carbons (Fsp3) is 0.0800. The molecule has 0 atom stereocenters. The molecule has 166 valence electrons. The molecule has 0 bridgehead atoms. The number of aromatic nitrogens is 5. The number of amides is 1. The molecule has 0 aliphatic rings. The average Bonchev–Trinajstić information content (AvgIpc) is 3.51. The highest BCUT2D eigenvalue weighted by atomic mass is 35.5. The molecule has 0 aliphatic carbocycles. The lowest BCUT2D eigenvalue weighted by atomic mass is 10.1. The molecular weight excluding hydrogens is 450 g/mol. The van der Waals surface area contributed by atoms with E-state index in [0.29, 0.717) is 29.2 Å². The van der Waals surface area contributed by atoms with Crippen LogP contribution in [-0.4, -0.2) is 30.5 Å². The van der Waals surface area contributed by atoms with E-state index in [1.54, 1.807) is 41.2 Å². The summed E-state index contributed by atoms with van der Waals surface area (Å²) < 4.78 is 3.64. The molecule has 1 amide bonds. The molecule has 8 nitrogen and oxygen atoms in total. The summed E-state index contributed by atoms with van der Waals surface area (Å²) in [4.78, 5) is 16.9. The van der Waals surface area contributed by atoms with Crippen molar-refractivity contribution in [2.24, 2.45) is 0 Å². The Morgan fingerprint density at radius 1 is 1.06 bits per heavy atom. The first-order chi connectivity index (χ1) is 16.6. The minimum absolute atomic E-state index is 0.180. The van der Waals surface area contributed by atoms with Crippen molar-refractivity contribution < 1.29 is 4.79 Å². The standard InChI is InChI=1S/C25H18ClN7O/c26-23-9-11-28-24-22(23)10-12-32(24)15-20-16-33(31-30-20)21-7-5-19(6-8-21)25(34)29-14-18-3-1-17(13-27)2-4-18/h1-12,16H,14-15H2,(H,29,34). The van der Waals surface area contributed by atoms with Crippen LogP contribution in [-0.2, 0) is 13.1 Å². The van der Waals surface area contributed by atoms with E-state index < -0.39 is 0 Å². The third kappa shape index (κ3) is 4.37. The first kappa shape index (κ1) is 21.4. The van der Waals surface area contributed by atoms with E-state index in [1.165, 1.54) is 0 Å². The number of pyridine rings is 1. The summed E-state index contributed by atoms with van der Waals surface area (Å²) in [5, 5.41) is 21.8. The van der Waals surface area contributed by atoms with Crippen LogP contribution in [0.1, 0.15) is 27.2 Å². The van der Waals surface area contributed by atoms with E-state index >= 15 is 0 Å². The van der Waals surface area contributed by atoms with Gasteiger partial charge in [0, 0.05) is 29.9 Å². The normalized spacial score (nSPS) is 10.8. The highest BCUT2D eigenvalue weighted by Crippen LogP contribution is 2.22. The Labute approximate surface area is 200 Å². The highest BCUT2D eigenvalue weighted by Gasteiger charge is 2.10. The van der Waals surface area contributed by atoms with Crippen LogP contribution in [0.4, 0.5) is 0 Å². The van der Waals surface area contributed by atoms with E-state index in [0.717, 1.165) is 28.0 Å². The zero-order valence-electron chi connectivity index (χ0n) is 17.9. The van der Waals surface area contributed by atoms with Crippen LogP contribution < -0.4 is 5.32 Å². The van der Waals surface area contributed by atoms with E-state index in [4.69, 9.17) is 16.9 Å². The summed E-state index contributed by atoms with van der Waals surface area (Å²) in [5.74, 6) is -0.180. The molecule has 9 heteroatoms. The van der Waals surface area contributed by atoms with Crippen LogP contribution in [0.3, 0.4) is 0 Å². The third-order valence-corrected chi connectivity index (χ3v) is 5.74. The molecule has 1 N–H and O–H groups in total. The lowest BCUT2D eigenvalue weighted by Gasteiger charge is -2.07. The Hall–Kier alpha value is -4.48. The second-order valence-corrected chi connectivity index (χ2v) is 8.07. The first-order valence-corrected chi connectivity index (χ1v) is 10.9. The number of nitrogens with one attached hydrogen (secondary N) is 1. The van der Waals surface area contributed by atoms with Crippen molar-refractivity contribution in [1.29, 1.82) is 5.26 Å². The number of halogens is 1. The second-order valence-electron chi connectivity index (χ2n) is 7.67. The molecule has 3 heterocycles. The van der Waals surface area contributed by atoms with Crippen molar-refractivity contribution >= 4 is 28.5 Å². The third-order valence-electron chi connectivity index (χ3n) is 5.41. The zero-order chi connectivity index (χ0) is 23.5. The second kappa shape index (κ2) is 9.17. The zero-order valence-corrected chi connectivity index (χ0v) is 18.6. The minimum atomic E-state index is -0.180. The summed E-state index contributed by atoms with van der Waals surface area (Å²) in [7, 11) is 0. The number of hydrogen-bond acceptors (Lipinski definition) is 5. The van der Waals surface area contributed by atoms with E-state index in [2.05, 4.69) is 26.7 Å². The van der Waals surface area contributed by atoms with Crippen LogP contribution in [0.15, 0.2) is 79.3 Å². The van der Waals surface area contributed by atoms with Gasteiger partial charge in [0.1, 0.15) is 11.3 Å². The summed E-state index contributed by atoms with van der Waals surface area (Å²) in [5.41, 5.74) is 4.40. The number of carbonyl (C=O) groups is 1. The molecule has 3 aromatic heterocycles. The average molecular weight is 468 g/mol. The Bertz CT molecular complexity index is 1510. The van der Waals surface area contributed by atoms with Crippen LogP contribution in [0.5, 0.6) is 0 Å². The maximum absolute atomic E-state index is 12.5. The van der Waals surface area contributed by atoms with Gasteiger partial charge < -0.3 is 9.88 Å². The van der Waals surface area contributed by atoms with Gasteiger partial charge in [-0.3, -0.25) is 4.79 Å². The maximum Gasteiger partial charge on any atom is 0.251 e. The van der Waals surface area contributed by atoms with Gasteiger partial charge in [0.05, 0.1) is 35.1 Å². The van der Waals surface area contributed by atoms with Crippen LogP contribution >= 0.6 is 11.6 Å². The summed E-state index contributed by atoms with van der Waals surface area (Å²) >= 11 is 6.23. The maximum atomic E-state index is 12.5. The van der Waals surface area contributed by atoms with Gasteiger partial charge in [-0.05, 0) is 54.1 Å². The van der Waals surface area contributed by atoms with E-state index in [1.807, 2.05) is 47.3 Å². The molecule has 0 fully saturated rings. The number of nitrogens with zero attached hydrogens (tertiary/aromatic N) is 6. The topological polar surface area (TPSA) is 101 Å². The molecule has 0 unspecified atom stereocenters. The smallest absolute Gasteiger partial charge is 0.251 e. The van der Waals surface area contributed by atoms with Crippen LogP contribution in [0.2, 0.25) is 5.02 Å². The molecule has 0 spiro atoms. The van der Waals surface area contributed by atoms with Gasteiger partial charge in [0.15, 0.2) is 0 Å². The van der Waals surface area contributed by atoms with Crippen LogP contribution in [0.25, 0.3) is 16.7 Å². The first-order valence-electron chi connectivity index (χ1n) is 10.5. The van der Waals surface area contributed by atoms with Gasteiger partial charge in [-0.2, -0.15) is 5.26 Å². The van der Waals surface area contributed by atoms with Crippen molar-refractivity contribution in [2.75, 3.05) is 0 Å². The number of benzene rings is 2. The van der Waals surface area contributed by atoms with Crippen molar-refractivity contribution in [2.45, 2.75) is 13.1 Å². The summed E-state index contributed by atoms with van der Waals surface area (Å²) in [6, 6.07) is 20.0. The molecule has 5 aromatic rings. The van der Waals surface area contributed by atoms with Crippen LogP contribution in [0, 0.1) is 11.3 Å². The summed E-state index contributed by atoms with van der Waals surface area (Å²) in [6.07, 6.45) is 5.45. The van der Waals surface area contributed by atoms with Crippen molar-refractivity contribution in [3.63, 3.8) is 0 Å². The molecule has 0 aliphatic heterocycles. The van der Waals surface area contributed by atoms with Gasteiger partial charge in [-0.1, -0.05) is 28.9 Å². The van der Waals surface area contributed by atoms with Gasteiger partial charge in [-0.15, -0.1) is 5.10 Å². The Balaban J connectivity index is 1.24. The van der Waals surface area contributed by atoms with Crippen molar-refractivity contribution in [1.82, 2.24) is 29.9 Å². The molecular formula is C25H18ClN7O.